The van der Waals surface area contributed by atoms with Crippen molar-refractivity contribution in [2.45, 2.75) is 4.90 Å². The molecule has 0 aliphatic carbocycles. The molecular weight excluding hydrogens is 364 g/mol. The number of benzene rings is 1. The van der Waals surface area contributed by atoms with Crippen LogP contribution in [0.25, 0.3) is 11.4 Å². The SMILES string of the molecule is Nc1nc(-c2csc(NS(=O)(=O)c3ccc(Cl)cc3)n2)cs1. The quantitative estimate of drug-likeness (QED) is 0.732. The van der Waals surface area contributed by atoms with Crippen LogP contribution >= 0.6 is 34.3 Å². The molecule has 0 amide bonds. The smallest absolute Gasteiger partial charge is 0.263 e. The fourth-order valence-electron chi connectivity index (χ4n) is 1.63. The fourth-order valence-corrected chi connectivity index (χ4v) is 4.27. The molecule has 2 heterocycles. The predicted octanol–water partition coefficient (Wildman–Crippen LogP) is 3.30. The van der Waals surface area contributed by atoms with E-state index in [1.807, 2.05) is 0 Å². The van der Waals surface area contributed by atoms with E-state index in [2.05, 4.69) is 14.7 Å². The highest BCUT2D eigenvalue weighted by Crippen LogP contribution is 2.28. The van der Waals surface area contributed by atoms with Crippen molar-refractivity contribution in [2.24, 2.45) is 0 Å². The number of nitrogens with one attached hydrogen (secondary N) is 1. The van der Waals surface area contributed by atoms with Crippen molar-refractivity contribution >= 4 is 54.6 Å². The molecule has 0 bridgehead atoms. The molecule has 3 rings (SSSR count). The zero-order valence-corrected chi connectivity index (χ0v) is 14.1. The van der Waals surface area contributed by atoms with Crippen molar-refractivity contribution in [1.82, 2.24) is 9.97 Å². The average molecular weight is 373 g/mol. The van der Waals surface area contributed by atoms with Crippen molar-refractivity contribution in [1.29, 1.82) is 0 Å². The maximum atomic E-state index is 12.2. The Balaban J connectivity index is 1.84. The second-order valence-corrected chi connectivity index (χ2v) is 8.03. The Labute approximate surface area is 139 Å². The second kappa shape index (κ2) is 5.84. The molecule has 0 atom stereocenters. The topological polar surface area (TPSA) is 98.0 Å². The van der Waals surface area contributed by atoms with Crippen LogP contribution in [0.4, 0.5) is 10.3 Å². The van der Waals surface area contributed by atoms with Crippen molar-refractivity contribution in [2.75, 3.05) is 10.5 Å². The minimum atomic E-state index is -3.70. The first-order valence-corrected chi connectivity index (χ1v) is 9.51. The molecule has 1 aromatic carbocycles. The van der Waals surface area contributed by atoms with Crippen molar-refractivity contribution in [3.8, 4) is 11.4 Å². The Bertz CT molecular complexity index is 903. The maximum absolute atomic E-state index is 12.2. The van der Waals surface area contributed by atoms with Gasteiger partial charge in [0.15, 0.2) is 10.3 Å². The Morgan fingerprint density at radius 1 is 1.05 bits per heavy atom. The summed E-state index contributed by atoms with van der Waals surface area (Å²) in [5.41, 5.74) is 6.77. The van der Waals surface area contributed by atoms with E-state index >= 15 is 0 Å². The van der Waals surface area contributed by atoms with Crippen LogP contribution in [0.5, 0.6) is 0 Å². The van der Waals surface area contributed by atoms with Gasteiger partial charge in [-0.1, -0.05) is 11.6 Å². The summed E-state index contributed by atoms with van der Waals surface area (Å²) in [6.45, 7) is 0. The highest BCUT2D eigenvalue weighted by molar-refractivity contribution is 7.93. The zero-order chi connectivity index (χ0) is 15.7. The second-order valence-electron chi connectivity index (χ2n) is 4.17. The van der Waals surface area contributed by atoms with Gasteiger partial charge in [-0.25, -0.2) is 18.4 Å². The maximum Gasteiger partial charge on any atom is 0.263 e. The van der Waals surface area contributed by atoms with Gasteiger partial charge in [0, 0.05) is 15.8 Å². The molecule has 0 unspecified atom stereocenters. The van der Waals surface area contributed by atoms with E-state index in [-0.39, 0.29) is 10.0 Å². The van der Waals surface area contributed by atoms with Gasteiger partial charge in [-0.05, 0) is 24.3 Å². The van der Waals surface area contributed by atoms with Crippen molar-refractivity contribution < 1.29 is 8.42 Å². The van der Waals surface area contributed by atoms with Crippen LogP contribution in [0.1, 0.15) is 0 Å². The molecule has 0 saturated carbocycles. The zero-order valence-electron chi connectivity index (χ0n) is 10.9. The first-order valence-electron chi connectivity index (χ1n) is 5.89. The largest absolute Gasteiger partial charge is 0.375 e. The molecule has 6 nitrogen and oxygen atoms in total. The van der Waals surface area contributed by atoms with E-state index in [4.69, 9.17) is 17.3 Å². The number of aromatic nitrogens is 2. The molecule has 3 aromatic rings. The predicted molar refractivity (Wildman–Crippen MR) is 89.9 cm³/mol. The molecule has 0 spiro atoms. The number of anilines is 2. The lowest BCUT2D eigenvalue weighted by atomic mass is 10.4. The summed E-state index contributed by atoms with van der Waals surface area (Å²) >= 11 is 8.23. The van der Waals surface area contributed by atoms with E-state index < -0.39 is 10.0 Å². The molecule has 2 aromatic heterocycles. The molecule has 3 N–H and O–H groups in total. The first-order chi connectivity index (χ1) is 10.4. The number of hydrogen-bond acceptors (Lipinski definition) is 7. The van der Waals surface area contributed by atoms with Crippen molar-refractivity contribution in [3.05, 3.63) is 40.0 Å². The summed E-state index contributed by atoms with van der Waals surface area (Å²) in [5, 5.41) is 4.65. The van der Waals surface area contributed by atoms with Gasteiger partial charge in [0.1, 0.15) is 11.4 Å². The monoisotopic (exact) mass is 372 g/mol. The van der Waals surface area contributed by atoms with Gasteiger partial charge in [0.2, 0.25) is 0 Å². The highest BCUT2D eigenvalue weighted by atomic mass is 35.5. The van der Waals surface area contributed by atoms with Gasteiger partial charge in [-0.15, -0.1) is 22.7 Å². The Hall–Kier alpha value is -1.68. The third kappa shape index (κ3) is 3.22. The molecule has 0 aliphatic rings. The number of nitrogens with two attached hydrogens (primary N) is 1. The molecule has 0 aliphatic heterocycles. The molecule has 10 heteroatoms. The van der Waals surface area contributed by atoms with Crippen LogP contribution in [0.2, 0.25) is 5.02 Å². The molecule has 0 fully saturated rings. The van der Waals surface area contributed by atoms with E-state index in [1.165, 1.54) is 46.9 Å². The third-order valence-corrected chi connectivity index (χ3v) is 5.80. The normalized spacial score (nSPS) is 11.5. The molecular formula is C12H9ClN4O2S3. The van der Waals surface area contributed by atoms with Crippen molar-refractivity contribution in [3.63, 3.8) is 0 Å². The number of nitrogen functional groups attached to an aromatic ring is 1. The van der Waals surface area contributed by atoms with Crippen LogP contribution in [0.3, 0.4) is 0 Å². The number of nitrogens with zero attached hydrogens (tertiary/aromatic N) is 2. The highest BCUT2D eigenvalue weighted by Gasteiger charge is 2.17. The summed E-state index contributed by atoms with van der Waals surface area (Å²) in [4.78, 5) is 8.44. The number of sulfonamides is 1. The average Bonchev–Trinajstić information content (AvgIpc) is 3.08. The van der Waals surface area contributed by atoms with Gasteiger partial charge in [-0.2, -0.15) is 0 Å². The summed E-state index contributed by atoms with van der Waals surface area (Å²) in [5.74, 6) is 0. The first kappa shape index (κ1) is 15.2. The molecule has 22 heavy (non-hydrogen) atoms. The fraction of sp³-hybridized carbons (Fsp3) is 0. The Kier molecular flexibility index (Phi) is 4.04. The van der Waals surface area contributed by atoms with E-state index in [0.717, 1.165) is 0 Å². The Morgan fingerprint density at radius 2 is 1.68 bits per heavy atom. The van der Waals surface area contributed by atoms with Gasteiger partial charge in [0.05, 0.1) is 4.90 Å². The number of thiazole rings is 2. The standard InChI is InChI=1S/C12H9ClN4O2S3/c13-7-1-3-8(4-2-7)22(18,19)17-12-16-10(6-21-12)9-5-20-11(14)15-9/h1-6H,(H2,14,15)(H,16,17). The van der Waals surface area contributed by atoms with Gasteiger partial charge in [-0.3, -0.25) is 4.72 Å². The van der Waals surface area contributed by atoms with E-state index in [9.17, 15) is 8.42 Å². The lowest BCUT2D eigenvalue weighted by Crippen LogP contribution is -2.12. The lowest BCUT2D eigenvalue weighted by Gasteiger charge is -2.04. The molecule has 0 saturated heterocycles. The van der Waals surface area contributed by atoms with Gasteiger partial charge >= 0.3 is 0 Å². The minimum absolute atomic E-state index is 0.117. The van der Waals surface area contributed by atoms with Crippen LogP contribution in [-0.4, -0.2) is 18.4 Å². The van der Waals surface area contributed by atoms with Gasteiger partial charge in [0.25, 0.3) is 10.0 Å². The molecule has 114 valence electrons. The number of hydrogen-bond donors (Lipinski definition) is 2. The minimum Gasteiger partial charge on any atom is -0.375 e. The summed E-state index contributed by atoms with van der Waals surface area (Å²) in [7, 11) is -3.70. The summed E-state index contributed by atoms with van der Waals surface area (Å²) < 4.78 is 26.9. The number of halogens is 1. The van der Waals surface area contributed by atoms with Crippen LogP contribution in [0, 0.1) is 0 Å². The van der Waals surface area contributed by atoms with E-state index in [0.29, 0.717) is 21.5 Å². The lowest BCUT2D eigenvalue weighted by molar-refractivity contribution is 0.601. The van der Waals surface area contributed by atoms with Crippen LogP contribution in [0.15, 0.2) is 39.9 Å². The van der Waals surface area contributed by atoms with Crippen LogP contribution < -0.4 is 10.5 Å². The number of rotatable bonds is 4. The third-order valence-electron chi connectivity index (χ3n) is 2.63. The summed E-state index contributed by atoms with van der Waals surface area (Å²) in [6.07, 6.45) is 0. The molecule has 0 radical (unpaired) electrons. The van der Waals surface area contributed by atoms with E-state index in [1.54, 1.807) is 10.8 Å². The Morgan fingerprint density at radius 3 is 2.32 bits per heavy atom. The summed E-state index contributed by atoms with van der Waals surface area (Å²) in [6, 6.07) is 5.89. The van der Waals surface area contributed by atoms with Crippen LogP contribution in [-0.2, 0) is 10.0 Å². The van der Waals surface area contributed by atoms with Gasteiger partial charge < -0.3 is 5.73 Å².